The minimum Gasteiger partial charge on any atom is -0.381 e. The fraction of sp³-hybridized carbons (Fsp3) is 0.370. The Bertz CT molecular complexity index is 1390. The number of aromatic nitrogens is 3. The van der Waals surface area contributed by atoms with Gasteiger partial charge in [0, 0.05) is 50.0 Å². The van der Waals surface area contributed by atoms with Gasteiger partial charge in [0.2, 0.25) is 5.91 Å². The molecule has 36 heavy (non-hydrogen) atoms. The molecule has 0 radical (unpaired) electrons. The van der Waals surface area contributed by atoms with Gasteiger partial charge in [0.05, 0.1) is 39.8 Å². The Hall–Kier alpha value is -3.27. The van der Waals surface area contributed by atoms with Crippen LogP contribution in [0.15, 0.2) is 48.7 Å². The number of aryl methyl sites for hydroxylation is 1. The molecule has 0 atom stereocenters. The SMILES string of the molecule is Cc1cccc(-c2ccn(-c3cc(N4CCOCC4)c4sc(NC(=O)C5CCOCC5)cc4n3)n2)c1. The summed E-state index contributed by atoms with van der Waals surface area (Å²) in [6.45, 7) is 6.38. The number of morpholine rings is 1. The van der Waals surface area contributed by atoms with E-state index in [4.69, 9.17) is 19.6 Å². The molecule has 9 heteroatoms. The molecule has 4 aromatic rings. The number of hydrogen-bond acceptors (Lipinski definition) is 7. The third-order valence-corrected chi connectivity index (χ3v) is 7.84. The number of pyridine rings is 1. The van der Waals surface area contributed by atoms with Crippen molar-refractivity contribution in [3.05, 3.63) is 54.2 Å². The summed E-state index contributed by atoms with van der Waals surface area (Å²) in [7, 11) is 0. The number of nitrogens with zero attached hydrogens (tertiary/aromatic N) is 4. The fourth-order valence-corrected chi connectivity index (χ4v) is 5.85. The summed E-state index contributed by atoms with van der Waals surface area (Å²) >= 11 is 1.58. The average molecular weight is 504 g/mol. The largest absolute Gasteiger partial charge is 0.381 e. The van der Waals surface area contributed by atoms with Gasteiger partial charge < -0.3 is 19.7 Å². The van der Waals surface area contributed by atoms with Crippen molar-refractivity contribution in [1.29, 1.82) is 0 Å². The first-order valence-corrected chi connectivity index (χ1v) is 13.2. The summed E-state index contributed by atoms with van der Waals surface area (Å²) in [5.74, 6) is 0.811. The highest BCUT2D eigenvalue weighted by atomic mass is 32.1. The lowest BCUT2D eigenvalue weighted by Crippen LogP contribution is -2.36. The number of amides is 1. The van der Waals surface area contributed by atoms with Crippen LogP contribution >= 0.6 is 11.3 Å². The van der Waals surface area contributed by atoms with E-state index in [1.165, 1.54) is 5.56 Å². The van der Waals surface area contributed by atoms with Crippen LogP contribution in [-0.2, 0) is 14.3 Å². The maximum Gasteiger partial charge on any atom is 0.228 e. The molecule has 1 aromatic carbocycles. The molecule has 5 heterocycles. The topological polar surface area (TPSA) is 81.5 Å². The molecule has 0 bridgehead atoms. The number of thiophene rings is 1. The first kappa shape index (κ1) is 23.1. The molecule has 0 saturated carbocycles. The van der Waals surface area contributed by atoms with Gasteiger partial charge in [-0.1, -0.05) is 23.8 Å². The minimum atomic E-state index is -0.00434. The summed E-state index contributed by atoms with van der Waals surface area (Å²) in [6.07, 6.45) is 3.48. The van der Waals surface area contributed by atoms with Crippen LogP contribution < -0.4 is 10.2 Å². The van der Waals surface area contributed by atoms with Crippen LogP contribution in [0, 0.1) is 12.8 Å². The minimum absolute atomic E-state index is 0.00434. The maximum absolute atomic E-state index is 12.9. The summed E-state index contributed by atoms with van der Waals surface area (Å²) in [4.78, 5) is 20.1. The highest BCUT2D eigenvalue weighted by Gasteiger charge is 2.24. The van der Waals surface area contributed by atoms with E-state index in [9.17, 15) is 4.79 Å². The van der Waals surface area contributed by atoms with Gasteiger partial charge in [-0.25, -0.2) is 9.67 Å². The maximum atomic E-state index is 12.9. The van der Waals surface area contributed by atoms with Crippen LogP contribution in [0.5, 0.6) is 0 Å². The van der Waals surface area contributed by atoms with Crippen molar-refractivity contribution in [1.82, 2.24) is 14.8 Å². The number of hydrogen-bond donors (Lipinski definition) is 1. The molecule has 0 aliphatic carbocycles. The predicted octanol–water partition coefficient (Wildman–Crippen LogP) is 4.66. The summed E-state index contributed by atoms with van der Waals surface area (Å²) in [5.41, 5.74) is 5.14. The van der Waals surface area contributed by atoms with Gasteiger partial charge >= 0.3 is 0 Å². The van der Waals surface area contributed by atoms with E-state index in [1.807, 2.05) is 29.1 Å². The van der Waals surface area contributed by atoms with E-state index in [2.05, 4.69) is 41.4 Å². The van der Waals surface area contributed by atoms with Crippen LogP contribution in [0.3, 0.4) is 0 Å². The molecule has 0 unspecified atom stereocenters. The van der Waals surface area contributed by atoms with Crippen LogP contribution in [0.25, 0.3) is 27.3 Å². The van der Waals surface area contributed by atoms with E-state index >= 15 is 0 Å². The van der Waals surface area contributed by atoms with E-state index in [0.29, 0.717) is 26.4 Å². The molecule has 0 spiro atoms. The van der Waals surface area contributed by atoms with Crippen molar-refractivity contribution in [2.75, 3.05) is 49.7 Å². The number of anilines is 2. The van der Waals surface area contributed by atoms with E-state index in [-0.39, 0.29) is 11.8 Å². The van der Waals surface area contributed by atoms with Gasteiger partial charge in [-0.15, -0.1) is 11.3 Å². The molecule has 2 aliphatic rings. The van der Waals surface area contributed by atoms with Crippen molar-refractivity contribution in [2.24, 2.45) is 5.92 Å². The Morgan fingerprint density at radius 3 is 2.67 bits per heavy atom. The lowest BCUT2D eigenvalue weighted by atomic mass is 10.00. The number of fused-ring (bicyclic) bond motifs is 1. The molecule has 2 aliphatic heterocycles. The van der Waals surface area contributed by atoms with E-state index in [0.717, 1.165) is 63.9 Å². The van der Waals surface area contributed by atoms with Crippen molar-refractivity contribution >= 4 is 38.1 Å². The molecule has 1 amide bonds. The van der Waals surface area contributed by atoms with Crippen molar-refractivity contribution in [2.45, 2.75) is 19.8 Å². The average Bonchev–Trinajstić information content (AvgIpc) is 3.56. The Labute approximate surface area is 213 Å². The van der Waals surface area contributed by atoms with Crippen molar-refractivity contribution in [3.8, 4) is 17.1 Å². The number of benzene rings is 1. The first-order chi connectivity index (χ1) is 17.6. The number of carbonyl (C=O) groups excluding carboxylic acids is 1. The number of rotatable bonds is 5. The number of ether oxygens (including phenoxy) is 2. The molecule has 6 rings (SSSR count). The van der Waals surface area contributed by atoms with Gasteiger partial charge in [-0.05, 0) is 38.0 Å². The zero-order valence-electron chi connectivity index (χ0n) is 20.3. The molecule has 1 N–H and O–H groups in total. The number of carbonyl (C=O) groups is 1. The summed E-state index contributed by atoms with van der Waals surface area (Å²) in [5, 5.41) is 8.79. The zero-order valence-corrected chi connectivity index (χ0v) is 21.1. The second-order valence-electron chi connectivity index (χ2n) is 9.31. The van der Waals surface area contributed by atoms with Gasteiger partial charge in [0.1, 0.15) is 0 Å². The molecule has 3 aromatic heterocycles. The highest BCUT2D eigenvalue weighted by molar-refractivity contribution is 7.23. The third-order valence-electron chi connectivity index (χ3n) is 6.77. The second-order valence-corrected chi connectivity index (χ2v) is 10.4. The Balaban J connectivity index is 1.36. The summed E-state index contributed by atoms with van der Waals surface area (Å²) < 4.78 is 13.9. The Morgan fingerprint density at radius 2 is 1.86 bits per heavy atom. The van der Waals surface area contributed by atoms with Gasteiger partial charge in [0.25, 0.3) is 0 Å². The standard InChI is InChI=1S/C27H29N5O3S/c1-18-3-2-4-20(15-18)21-5-8-32(30-21)24-17-23(31-9-13-35-14-10-31)26-22(28-24)16-25(36-26)29-27(33)19-6-11-34-12-7-19/h2-5,8,15-17,19H,6-7,9-14H2,1H3,(H,29,33). The lowest BCUT2D eigenvalue weighted by Gasteiger charge is -2.29. The Morgan fingerprint density at radius 1 is 1.06 bits per heavy atom. The van der Waals surface area contributed by atoms with Gasteiger partial charge in [-0.3, -0.25) is 4.79 Å². The second kappa shape index (κ2) is 10.0. The first-order valence-electron chi connectivity index (χ1n) is 12.4. The third kappa shape index (κ3) is 4.74. The van der Waals surface area contributed by atoms with Crippen molar-refractivity contribution in [3.63, 3.8) is 0 Å². The van der Waals surface area contributed by atoms with Gasteiger partial charge in [-0.2, -0.15) is 5.10 Å². The predicted molar refractivity (Wildman–Crippen MR) is 142 cm³/mol. The molecular weight excluding hydrogens is 474 g/mol. The quantitative estimate of drug-likeness (QED) is 0.427. The normalized spacial score (nSPS) is 17.0. The van der Waals surface area contributed by atoms with Crippen molar-refractivity contribution < 1.29 is 14.3 Å². The monoisotopic (exact) mass is 503 g/mol. The molecular formula is C27H29N5O3S. The summed E-state index contributed by atoms with van der Waals surface area (Å²) in [6, 6.07) is 14.4. The fourth-order valence-electron chi connectivity index (χ4n) is 4.80. The molecule has 2 fully saturated rings. The van der Waals surface area contributed by atoms with E-state index < -0.39 is 0 Å². The zero-order chi connectivity index (χ0) is 24.5. The molecule has 186 valence electrons. The van der Waals surface area contributed by atoms with E-state index in [1.54, 1.807) is 11.3 Å². The van der Waals surface area contributed by atoms with Crippen LogP contribution in [0.2, 0.25) is 0 Å². The highest BCUT2D eigenvalue weighted by Crippen LogP contribution is 2.38. The van der Waals surface area contributed by atoms with Crippen LogP contribution in [0.4, 0.5) is 10.7 Å². The van der Waals surface area contributed by atoms with Crippen LogP contribution in [0.1, 0.15) is 18.4 Å². The van der Waals surface area contributed by atoms with Crippen LogP contribution in [-0.4, -0.2) is 60.2 Å². The molecule has 8 nitrogen and oxygen atoms in total. The Kier molecular flexibility index (Phi) is 6.43. The number of nitrogens with one attached hydrogen (secondary N) is 1. The lowest BCUT2D eigenvalue weighted by molar-refractivity contribution is -0.122. The van der Waals surface area contributed by atoms with Gasteiger partial charge in [0.15, 0.2) is 5.82 Å². The smallest absolute Gasteiger partial charge is 0.228 e. The molecule has 2 saturated heterocycles.